The van der Waals surface area contributed by atoms with Crippen molar-refractivity contribution < 1.29 is 24.8 Å². The lowest BCUT2D eigenvalue weighted by molar-refractivity contribution is -0.124. The Bertz CT molecular complexity index is 349. The van der Waals surface area contributed by atoms with Gasteiger partial charge in [-0.2, -0.15) is 0 Å². The van der Waals surface area contributed by atoms with E-state index in [9.17, 15) is 15.3 Å². The number of aliphatic hydroxyl groups excluding tert-OH is 3. The third-order valence-electron chi connectivity index (χ3n) is 2.99. The maximum absolute atomic E-state index is 9.31. The maximum atomic E-state index is 9.31. The average Bonchev–Trinajstić information content (AvgIpc) is 2.79. The molecule has 1 aliphatic rings. The fraction of sp³-hybridized carbons (Fsp3) is 0.500. The van der Waals surface area contributed by atoms with Gasteiger partial charge in [-0.3, -0.25) is 0 Å². The zero-order valence-electron chi connectivity index (χ0n) is 9.32. The van der Waals surface area contributed by atoms with Gasteiger partial charge < -0.3 is 24.8 Å². The smallest absolute Gasteiger partial charge is 0.185 e. The summed E-state index contributed by atoms with van der Waals surface area (Å²) in [4.78, 5) is 0. The van der Waals surface area contributed by atoms with Gasteiger partial charge in [0.05, 0.1) is 19.8 Å². The normalized spacial score (nSPS) is 27.2. The Kier molecular flexibility index (Phi) is 3.76. The van der Waals surface area contributed by atoms with Crippen LogP contribution in [0.2, 0.25) is 0 Å². The van der Waals surface area contributed by atoms with E-state index < -0.39 is 31.2 Å². The Morgan fingerprint density at radius 2 is 1.71 bits per heavy atom. The van der Waals surface area contributed by atoms with Crippen molar-refractivity contribution in [3.05, 3.63) is 35.9 Å². The molecule has 5 heteroatoms. The topological polar surface area (TPSA) is 79.2 Å². The van der Waals surface area contributed by atoms with Crippen LogP contribution in [-0.4, -0.2) is 46.8 Å². The predicted octanol–water partition coefficient (Wildman–Crippen LogP) is -0.184. The summed E-state index contributed by atoms with van der Waals surface area (Å²) in [6.07, 6.45) is -1.41. The van der Waals surface area contributed by atoms with Crippen molar-refractivity contribution in [3.8, 4) is 0 Å². The standard InChI is InChI=1S/C12H16O5/c13-6-10-12(7-14,8-15)17-11(16-10)9-4-2-1-3-5-9/h1-5,10-11,13-15H,6-8H2/t10-,11?/m1/s1. The fourth-order valence-electron chi connectivity index (χ4n) is 1.88. The van der Waals surface area contributed by atoms with Crippen molar-refractivity contribution in [3.63, 3.8) is 0 Å². The Morgan fingerprint density at radius 1 is 1.06 bits per heavy atom. The van der Waals surface area contributed by atoms with E-state index in [4.69, 9.17) is 9.47 Å². The van der Waals surface area contributed by atoms with Crippen LogP contribution in [0.3, 0.4) is 0 Å². The van der Waals surface area contributed by atoms with Gasteiger partial charge in [0.1, 0.15) is 11.7 Å². The lowest BCUT2D eigenvalue weighted by atomic mass is 10.00. The van der Waals surface area contributed by atoms with Gasteiger partial charge in [-0.05, 0) is 0 Å². The molecule has 5 nitrogen and oxygen atoms in total. The molecule has 1 heterocycles. The fourth-order valence-corrected chi connectivity index (χ4v) is 1.88. The van der Waals surface area contributed by atoms with Crippen LogP contribution in [0.15, 0.2) is 30.3 Å². The third-order valence-corrected chi connectivity index (χ3v) is 2.99. The van der Waals surface area contributed by atoms with Crippen LogP contribution in [-0.2, 0) is 9.47 Å². The largest absolute Gasteiger partial charge is 0.394 e. The van der Waals surface area contributed by atoms with Crippen LogP contribution in [0.4, 0.5) is 0 Å². The van der Waals surface area contributed by atoms with E-state index >= 15 is 0 Å². The van der Waals surface area contributed by atoms with Crippen molar-refractivity contribution in [2.75, 3.05) is 19.8 Å². The second-order valence-electron chi connectivity index (χ2n) is 4.05. The second-order valence-corrected chi connectivity index (χ2v) is 4.05. The lowest BCUT2D eigenvalue weighted by Crippen LogP contribution is -2.48. The molecule has 17 heavy (non-hydrogen) atoms. The molecule has 2 rings (SSSR count). The number of hydrogen-bond donors (Lipinski definition) is 3. The number of aliphatic hydroxyl groups is 3. The first kappa shape index (κ1) is 12.5. The molecule has 1 aromatic rings. The van der Waals surface area contributed by atoms with Crippen LogP contribution < -0.4 is 0 Å². The van der Waals surface area contributed by atoms with Gasteiger partial charge in [0, 0.05) is 5.56 Å². The van der Waals surface area contributed by atoms with Crippen molar-refractivity contribution in [2.45, 2.75) is 18.0 Å². The molecule has 94 valence electrons. The number of rotatable bonds is 4. The van der Waals surface area contributed by atoms with Crippen LogP contribution >= 0.6 is 0 Å². The highest BCUT2D eigenvalue weighted by Gasteiger charge is 2.49. The molecule has 1 aromatic carbocycles. The third kappa shape index (κ3) is 2.20. The maximum Gasteiger partial charge on any atom is 0.185 e. The summed E-state index contributed by atoms with van der Waals surface area (Å²) >= 11 is 0. The molecule has 1 fully saturated rings. The lowest BCUT2D eigenvalue weighted by Gasteiger charge is -2.27. The highest BCUT2D eigenvalue weighted by atomic mass is 16.8. The van der Waals surface area contributed by atoms with Gasteiger partial charge in [-0.15, -0.1) is 0 Å². The Balaban J connectivity index is 2.20. The number of hydrogen-bond acceptors (Lipinski definition) is 5. The summed E-state index contributed by atoms with van der Waals surface area (Å²) in [6, 6.07) is 9.20. The van der Waals surface area contributed by atoms with E-state index in [0.29, 0.717) is 0 Å². The van der Waals surface area contributed by atoms with Crippen LogP contribution in [0.1, 0.15) is 11.9 Å². The zero-order valence-corrected chi connectivity index (χ0v) is 9.32. The molecular formula is C12H16O5. The Labute approximate surface area is 99.2 Å². The molecule has 1 unspecified atom stereocenters. The van der Waals surface area contributed by atoms with Crippen molar-refractivity contribution in [1.29, 1.82) is 0 Å². The van der Waals surface area contributed by atoms with E-state index in [1.807, 2.05) is 30.3 Å². The van der Waals surface area contributed by atoms with E-state index in [-0.39, 0.29) is 6.61 Å². The molecule has 3 N–H and O–H groups in total. The first-order chi connectivity index (χ1) is 8.25. The molecule has 0 saturated carbocycles. The molecular weight excluding hydrogens is 224 g/mol. The quantitative estimate of drug-likeness (QED) is 0.680. The van der Waals surface area contributed by atoms with Gasteiger partial charge in [-0.25, -0.2) is 0 Å². The SMILES string of the molecule is OC[C@H]1OC(c2ccccc2)OC1(CO)CO. The van der Waals surface area contributed by atoms with Crippen LogP contribution in [0, 0.1) is 0 Å². The van der Waals surface area contributed by atoms with Crippen molar-refractivity contribution in [1.82, 2.24) is 0 Å². The van der Waals surface area contributed by atoms with Crippen LogP contribution in [0.25, 0.3) is 0 Å². The van der Waals surface area contributed by atoms with Gasteiger partial charge in [0.2, 0.25) is 0 Å². The molecule has 1 saturated heterocycles. The van der Waals surface area contributed by atoms with Crippen LogP contribution in [0.5, 0.6) is 0 Å². The van der Waals surface area contributed by atoms with E-state index in [1.54, 1.807) is 0 Å². The van der Waals surface area contributed by atoms with Gasteiger partial charge >= 0.3 is 0 Å². The summed E-state index contributed by atoms with van der Waals surface area (Å²) < 4.78 is 11.1. The van der Waals surface area contributed by atoms with Gasteiger partial charge in [0.25, 0.3) is 0 Å². The highest BCUT2D eigenvalue weighted by molar-refractivity contribution is 5.17. The summed E-state index contributed by atoms with van der Waals surface area (Å²) in [6.45, 7) is -1.12. The van der Waals surface area contributed by atoms with E-state index in [2.05, 4.69) is 0 Å². The molecule has 0 bridgehead atoms. The molecule has 0 aromatic heterocycles. The van der Waals surface area contributed by atoms with Gasteiger partial charge in [0.15, 0.2) is 6.29 Å². The minimum Gasteiger partial charge on any atom is -0.394 e. The minimum absolute atomic E-state index is 0.315. The van der Waals surface area contributed by atoms with Crippen molar-refractivity contribution in [2.24, 2.45) is 0 Å². The average molecular weight is 240 g/mol. The first-order valence-corrected chi connectivity index (χ1v) is 5.46. The van der Waals surface area contributed by atoms with E-state index in [0.717, 1.165) is 5.56 Å². The summed E-state index contributed by atoms with van der Waals surface area (Å²) in [7, 11) is 0. The Hall–Kier alpha value is -0.980. The molecule has 0 radical (unpaired) electrons. The van der Waals surface area contributed by atoms with Crippen molar-refractivity contribution >= 4 is 0 Å². The summed E-state index contributed by atoms with van der Waals surface area (Å²) in [5, 5.41) is 27.8. The van der Waals surface area contributed by atoms with E-state index in [1.165, 1.54) is 0 Å². The molecule has 2 atom stereocenters. The number of benzene rings is 1. The zero-order chi connectivity index (χ0) is 12.3. The Morgan fingerprint density at radius 3 is 2.18 bits per heavy atom. The summed E-state index contributed by atoms with van der Waals surface area (Å²) in [5.74, 6) is 0. The number of ether oxygens (including phenoxy) is 2. The minimum atomic E-state index is -1.24. The molecule has 0 amide bonds. The summed E-state index contributed by atoms with van der Waals surface area (Å²) in [5.41, 5.74) is -0.454. The highest BCUT2D eigenvalue weighted by Crippen LogP contribution is 2.37. The molecule has 0 aliphatic carbocycles. The second kappa shape index (κ2) is 5.12. The predicted molar refractivity (Wildman–Crippen MR) is 59.1 cm³/mol. The van der Waals surface area contributed by atoms with Gasteiger partial charge in [-0.1, -0.05) is 30.3 Å². The monoisotopic (exact) mass is 240 g/mol. The molecule has 0 spiro atoms. The first-order valence-electron chi connectivity index (χ1n) is 5.46. The molecule has 1 aliphatic heterocycles.